The average molecular weight is 165 g/mol. The van der Waals surface area contributed by atoms with Gasteiger partial charge in [-0.3, -0.25) is 5.10 Å². The van der Waals surface area contributed by atoms with Gasteiger partial charge in [0.05, 0.1) is 6.20 Å². The quantitative estimate of drug-likeness (QED) is 0.678. The molecule has 1 atom stereocenters. The van der Waals surface area contributed by atoms with Crippen LogP contribution in [0.4, 0.5) is 0 Å². The molecule has 0 fully saturated rings. The van der Waals surface area contributed by atoms with E-state index in [2.05, 4.69) is 15.5 Å². The highest BCUT2D eigenvalue weighted by Gasteiger charge is 2.18. The first-order valence-corrected chi connectivity index (χ1v) is 4.56. The molecule has 0 radical (unpaired) electrons. The van der Waals surface area contributed by atoms with E-state index >= 15 is 0 Å². The normalized spacial score (nSPS) is 22.2. The minimum Gasteiger partial charge on any atom is -0.319 e. The topological polar surface area (TPSA) is 40.7 Å². The van der Waals surface area contributed by atoms with Crippen LogP contribution in [-0.2, 0) is 12.8 Å². The molecule has 0 amide bonds. The number of aromatic nitrogens is 2. The third-order valence-electron chi connectivity index (χ3n) is 2.61. The van der Waals surface area contributed by atoms with Crippen molar-refractivity contribution in [2.75, 3.05) is 13.6 Å². The highest BCUT2D eigenvalue weighted by Crippen LogP contribution is 2.22. The number of rotatable bonds is 2. The molecular formula is C9H15N3. The Bertz CT molecular complexity index is 254. The number of aryl methyl sites for hydroxylation is 1. The second-order valence-electron chi connectivity index (χ2n) is 3.54. The number of nitrogens with zero attached hydrogens (tertiary/aromatic N) is 1. The van der Waals surface area contributed by atoms with Gasteiger partial charge in [0, 0.05) is 5.69 Å². The Morgan fingerprint density at radius 3 is 3.50 bits per heavy atom. The summed E-state index contributed by atoms with van der Waals surface area (Å²) in [6.07, 6.45) is 5.61. The van der Waals surface area contributed by atoms with E-state index in [-0.39, 0.29) is 0 Å². The first-order chi connectivity index (χ1) is 5.90. The molecule has 2 N–H and O–H groups in total. The maximum atomic E-state index is 4.05. The van der Waals surface area contributed by atoms with Gasteiger partial charge in [0.2, 0.25) is 0 Å². The van der Waals surface area contributed by atoms with E-state index in [1.165, 1.54) is 30.5 Å². The number of H-pyrrole nitrogens is 1. The van der Waals surface area contributed by atoms with Gasteiger partial charge in [-0.1, -0.05) is 0 Å². The second-order valence-corrected chi connectivity index (χ2v) is 3.54. The van der Waals surface area contributed by atoms with Crippen LogP contribution in [0.2, 0.25) is 0 Å². The second kappa shape index (κ2) is 3.27. The van der Waals surface area contributed by atoms with Crippen molar-refractivity contribution >= 4 is 0 Å². The van der Waals surface area contributed by atoms with Gasteiger partial charge in [-0.25, -0.2) is 0 Å². The Morgan fingerprint density at radius 1 is 1.75 bits per heavy atom. The van der Waals surface area contributed by atoms with E-state index in [1.54, 1.807) is 0 Å². The Balaban J connectivity index is 2.05. The molecule has 0 aromatic carbocycles. The third kappa shape index (κ3) is 1.37. The molecule has 3 heteroatoms. The molecule has 0 saturated carbocycles. The Kier molecular flexibility index (Phi) is 2.13. The van der Waals surface area contributed by atoms with Crippen molar-refractivity contribution in [2.45, 2.75) is 19.3 Å². The standard InChI is InChI=1S/C9H15N3/c1-10-5-7-2-3-9-8(4-7)6-11-12-9/h6-7,10H,2-5H2,1H3,(H,11,12). The zero-order chi connectivity index (χ0) is 8.39. The van der Waals surface area contributed by atoms with Gasteiger partial charge in [0.25, 0.3) is 0 Å². The molecule has 1 aliphatic rings. The van der Waals surface area contributed by atoms with Gasteiger partial charge < -0.3 is 5.32 Å². The van der Waals surface area contributed by atoms with E-state index in [9.17, 15) is 0 Å². The predicted octanol–water partition coefficient (Wildman–Crippen LogP) is 0.734. The molecule has 1 unspecified atom stereocenters. The number of hydrogen-bond donors (Lipinski definition) is 2. The summed E-state index contributed by atoms with van der Waals surface area (Å²) in [6, 6.07) is 0. The molecule has 0 saturated heterocycles. The zero-order valence-corrected chi connectivity index (χ0v) is 7.43. The summed E-state index contributed by atoms with van der Waals surface area (Å²) < 4.78 is 0. The maximum Gasteiger partial charge on any atom is 0.0522 e. The lowest BCUT2D eigenvalue weighted by atomic mass is 9.88. The van der Waals surface area contributed by atoms with Gasteiger partial charge in [0.15, 0.2) is 0 Å². The van der Waals surface area contributed by atoms with Gasteiger partial charge in [-0.05, 0) is 44.3 Å². The largest absolute Gasteiger partial charge is 0.319 e. The number of fused-ring (bicyclic) bond motifs is 1. The minimum absolute atomic E-state index is 0.806. The van der Waals surface area contributed by atoms with Crippen LogP contribution < -0.4 is 5.32 Å². The van der Waals surface area contributed by atoms with Crippen LogP contribution in [0.3, 0.4) is 0 Å². The van der Waals surface area contributed by atoms with Gasteiger partial charge in [-0.2, -0.15) is 5.10 Å². The van der Waals surface area contributed by atoms with Crippen LogP contribution in [0.5, 0.6) is 0 Å². The van der Waals surface area contributed by atoms with Crippen LogP contribution in [0.15, 0.2) is 6.20 Å². The summed E-state index contributed by atoms with van der Waals surface area (Å²) in [6.45, 7) is 1.13. The Morgan fingerprint density at radius 2 is 2.67 bits per heavy atom. The van der Waals surface area contributed by atoms with Crippen LogP contribution in [0.1, 0.15) is 17.7 Å². The average Bonchev–Trinajstić information content (AvgIpc) is 2.51. The summed E-state index contributed by atoms with van der Waals surface area (Å²) in [5.41, 5.74) is 2.77. The minimum atomic E-state index is 0.806. The number of hydrogen-bond acceptors (Lipinski definition) is 2. The first kappa shape index (κ1) is 7.80. The molecular weight excluding hydrogens is 150 g/mol. The van der Waals surface area contributed by atoms with E-state index in [0.29, 0.717) is 0 Å². The fraction of sp³-hybridized carbons (Fsp3) is 0.667. The van der Waals surface area contributed by atoms with Crippen LogP contribution in [-0.4, -0.2) is 23.8 Å². The van der Waals surface area contributed by atoms with Crippen molar-refractivity contribution in [3.05, 3.63) is 17.5 Å². The lowest BCUT2D eigenvalue weighted by Crippen LogP contribution is -2.24. The fourth-order valence-corrected chi connectivity index (χ4v) is 1.95. The summed E-state index contributed by atoms with van der Waals surface area (Å²) in [5, 5.41) is 10.3. The Hall–Kier alpha value is -0.830. The Labute approximate surface area is 72.6 Å². The molecule has 1 aromatic heterocycles. The zero-order valence-electron chi connectivity index (χ0n) is 7.43. The summed E-state index contributed by atoms with van der Waals surface area (Å²) in [7, 11) is 2.02. The lowest BCUT2D eigenvalue weighted by Gasteiger charge is -2.20. The van der Waals surface area contributed by atoms with Crippen molar-refractivity contribution in [3.8, 4) is 0 Å². The highest BCUT2D eigenvalue weighted by molar-refractivity contribution is 5.19. The molecule has 0 aliphatic heterocycles. The maximum absolute atomic E-state index is 4.05. The van der Waals surface area contributed by atoms with Crippen molar-refractivity contribution in [3.63, 3.8) is 0 Å². The van der Waals surface area contributed by atoms with Crippen molar-refractivity contribution in [2.24, 2.45) is 5.92 Å². The molecule has 1 heterocycles. The van der Waals surface area contributed by atoms with Crippen LogP contribution in [0.25, 0.3) is 0 Å². The number of nitrogens with one attached hydrogen (secondary N) is 2. The van der Waals surface area contributed by atoms with Crippen LogP contribution >= 0.6 is 0 Å². The summed E-state index contributed by atoms with van der Waals surface area (Å²) in [5.74, 6) is 0.806. The molecule has 3 nitrogen and oxygen atoms in total. The summed E-state index contributed by atoms with van der Waals surface area (Å²) in [4.78, 5) is 0. The molecule has 66 valence electrons. The molecule has 12 heavy (non-hydrogen) atoms. The number of aromatic amines is 1. The van der Waals surface area contributed by atoms with E-state index in [4.69, 9.17) is 0 Å². The molecule has 0 spiro atoms. The lowest BCUT2D eigenvalue weighted by molar-refractivity contribution is 0.438. The SMILES string of the molecule is CNCC1CCc2[nH]ncc2C1. The van der Waals surface area contributed by atoms with Gasteiger partial charge in [0.1, 0.15) is 0 Å². The van der Waals surface area contributed by atoms with Crippen molar-refractivity contribution < 1.29 is 0 Å². The molecule has 1 aliphatic carbocycles. The molecule has 1 aromatic rings. The van der Waals surface area contributed by atoms with Gasteiger partial charge in [-0.15, -0.1) is 0 Å². The fourth-order valence-electron chi connectivity index (χ4n) is 1.95. The van der Waals surface area contributed by atoms with E-state index in [1.807, 2.05) is 13.2 Å². The van der Waals surface area contributed by atoms with Gasteiger partial charge >= 0.3 is 0 Å². The van der Waals surface area contributed by atoms with Crippen molar-refractivity contribution in [1.82, 2.24) is 15.5 Å². The van der Waals surface area contributed by atoms with Crippen LogP contribution in [0, 0.1) is 5.92 Å². The summed E-state index contributed by atoms with van der Waals surface area (Å²) >= 11 is 0. The molecule has 0 bridgehead atoms. The monoisotopic (exact) mass is 165 g/mol. The predicted molar refractivity (Wildman–Crippen MR) is 48.0 cm³/mol. The smallest absolute Gasteiger partial charge is 0.0522 e. The van der Waals surface area contributed by atoms with Crippen molar-refractivity contribution in [1.29, 1.82) is 0 Å². The van der Waals surface area contributed by atoms with E-state index < -0.39 is 0 Å². The highest BCUT2D eigenvalue weighted by atomic mass is 15.1. The van der Waals surface area contributed by atoms with E-state index in [0.717, 1.165) is 12.5 Å². The molecule has 2 rings (SSSR count). The first-order valence-electron chi connectivity index (χ1n) is 4.56. The third-order valence-corrected chi connectivity index (χ3v) is 2.61.